The Morgan fingerprint density at radius 1 is 1.09 bits per heavy atom. The first-order chi connectivity index (χ1) is 11.2. The summed E-state index contributed by atoms with van der Waals surface area (Å²) in [5, 5.41) is 0. The summed E-state index contributed by atoms with van der Waals surface area (Å²) >= 11 is 0. The van der Waals surface area contributed by atoms with Gasteiger partial charge in [-0.3, -0.25) is 0 Å². The summed E-state index contributed by atoms with van der Waals surface area (Å²) in [4.78, 5) is 0. The van der Waals surface area contributed by atoms with Crippen molar-refractivity contribution in [2.45, 2.75) is 51.4 Å². The molecule has 0 saturated carbocycles. The predicted octanol–water partition coefficient (Wildman–Crippen LogP) is 5.49. The first-order valence-corrected chi connectivity index (χ1v) is 8.65. The number of hydrogen-bond acceptors (Lipinski definition) is 0. The Balaban J connectivity index is 2.22. The van der Waals surface area contributed by atoms with Gasteiger partial charge in [-0.05, 0) is 37.1 Å². The lowest BCUT2D eigenvalue weighted by molar-refractivity contribution is -0.579. The van der Waals surface area contributed by atoms with Crippen molar-refractivity contribution >= 4 is 5.70 Å². The Kier molecular flexibility index (Phi) is 4.34. The monoisotopic (exact) mass is 310 g/mol. The highest BCUT2D eigenvalue weighted by atomic mass is 19.1. The summed E-state index contributed by atoms with van der Waals surface area (Å²) in [5.74, 6) is -0.181. The van der Waals surface area contributed by atoms with Crippen LogP contribution in [0.4, 0.5) is 4.39 Å². The molecule has 23 heavy (non-hydrogen) atoms. The van der Waals surface area contributed by atoms with Gasteiger partial charge in [-0.1, -0.05) is 51.3 Å². The Bertz CT molecular complexity index is 734. The summed E-state index contributed by atoms with van der Waals surface area (Å²) in [7, 11) is 0. The molecule has 0 N–H and O–H groups in total. The SMILES string of the molecule is C=C1[n+]2cccc(F)c2-c2ccccc2C1(CC)CCCCC. The molecule has 0 bridgehead atoms. The molecular formula is C21H25FN+. The van der Waals surface area contributed by atoms with Gasteiger partial charge >= 0.3 is 0 Å². The van der Waals surface area contributed by atoms with Crippen LogP contribution in [-0.4, -0.2) is 0 Å². The zero-order valence-corrected chi connectivity index (χ0v) is 14.1. The first kappa shape index (κ1) is 15.9. The van der Waals surface area contributed by atoms with Crippen molar-refractivity contribution < 1.29 is 8.96 Å². The van der Waals surface area contributed by atoms with Crippen LogP contribution in [0.5, 0.6) is 0 Å². The third-order valence-corrected chi connectivity index (χ3v) is 5.30. The van der Waals surface area contributed by atoms with E-state index >= 15 is 0 Å². The van der Waals surface area contributed by atoms with Crippen LogP contribution in [0, 0.1) is 5.82 Å². The van der Waals surface area contributed by atoms with Crippen LogP contribution in [0.3, 0.4) is 0 Å². The van der Waals surface area contributed by atoms with Crippen molar-refractivity contribution in [3.63, 3.8) is 0 Å². The molecule has 1 unspecified atom stereocenters. The highest BCUT2D eigenvalue weighted by molar-refractivity contribution is 5.73. The van der Waals surface area contributed by atoms with Crippen LogP contribution in [0.1, 0.15) is 51.5 Å². The number of nitrogens with zero attached hydrogens (tertiary/aromatic N) is 1. The van der Waals surface area contributed by atoms with E-state index in [2.05, 4.69) is 32.6 Å². The average Bonchev–Trinajstić information content (AvgIpc) is 2.58. The van der Waals surface area contributed by atoms with Gasteiger partial charge in [0.2, 0.25) is 0 Å². The van der Waals surface area contributed by atoms with Gasteiger partial charge in [-0.25, -0.2) is 0 Å². The summed E-state index contributed by atoms with van der Waals surface area (Å²) in [6.45, 7) is 8.84. The molecule has 1 aliphatic heterocycles. The lowest BCUT2D eigenvalue weighted by Gasteiger charge is -2.36. The molecule has 0 saturated heterocycles. The third-order valence-electron chi connectivity index (χ3n) is 5.30. The summed E-state index contributed by atoms with van der Waals surface area (Å²) in [6.07, 6.45) is 7.58. The van der Waals surface area contributed by atoms with Crippen LogP contribution in [-0.2, 0) is 5.41 Å². The van der Waals surface area contributed by atoms with Crippen LogP contribution in [0.15, 0.2) is 49.2 Å². The van der Waals surface area contributed by atoms with Crippen LogP contribution < -0.4 is 4.57 Å². The number of benzene rings is 1. The van der Waals surface area contributed by atoms with E-state index in [0.717, 1.165) is 24.1 Å². The molecule has 3 rings (SSSR count). The fourth-order valence-electron chi connectivity index (χ4n) is 3.99. The summed E-state index contributed by atoms with van der Waals surface area (Å²) in [6, 6.07) is 11.6. The number of hydrogen-bond donors (Lipinski definition) is 0. The highest BCUT2D eigenvalue weighted by Crippen LogP contribution is 2.47. The van der Waals surface area contributed by atoms with Crippen molar-refractivity contribution in [2.75, 3.05) is 0 Å². The van der Waals surface area contributed by atoms with Crippen molar-refractivity contribution in [2.24, 2.45) is 0 Å². The van der Waals surface area contributed by atoms with Crippen LogP contribution in [0.25, 0.3) is 17.0 Å². The Labute approximate surface area is 138 Å². The normalized spacial score (nSPS) is 19.3. The maximum Gasteiger partial charge on any atom is 0.254 e. The number of allylic oxidation sites excluding steroid dienone is 1. The van der Waals surface area contributed by atoms with E-state index in [1.165, 1.54) is 30.9 Å². The van der Waals surface area contributed by atoms with E-state index in [1.807, 2.05) is 22.9 Å². The zero-order chi connectivity index (χ0) is 16.4. The van der Waals surface area contributed by atoms with Gasteiger partial charge in [0.1, 0.15) is 0 Å². The van der Waals surface area contributed by atoms with Crippen molar-refractivity contribution in [3.05, 3.63) is 60.6 Å². The summed E-state index contributed by atoms with van der Waals surface area (Å²) in [5.41, 5.74) is 3.79. The van der Waals surface area contributed by atoms with Gasteiger partial charge in [0.15, 0.2) is 17.7 Å². The standard InChI is InChI=1S/C21H25FN/c1-4-6-9-14-21(5-2)16(3)23-15-10-13-19(22)20(23)17-11-7-8-12-18(17)21/h7-8,10-13,15H,3-6,9,14H2,1-2H3/q+1. The van der Waals surface area contributed by atoms with E-state index in [1.54, 1.807) is 6.07 Å². The number of aromatic nitrogens is 1. The zero-order valence-electron chi connectivity index (χ0n) is 14.1. The van der Waals surface area contributed by atoms with Gasteiger partial charge in [-0.15, -0.1) is 0 Å². The molecule has 0 spiro atoms. The van der Waals surface area contributed by atoms with Crippen LogP contribution in [0.2, 0.25) is 0 Å². The number of pyridine rings is 1. The maximum atomic E-state index is 14.5. The van der Waals surface area contributed by atoms with E-state index < -0.39 is 0 Å². The van der Waals surface area contributed by atoms with Gasteiger partial charge in [0, 0.05) is 6.07 Å². The van der Waals surface area contributed by atoms with Gasteiger partial charge in [0.25, 0.3) is 5.69 Å². The molecule has 0 radical (unpaired) electrons. The Morgan fingerprint density at radius 2 is 1.87 bits per heavy atom. The molecule has 2 heteroatoms. The van der Waals surface area contributed by atoms with Gasteiger partial charge < -0.3 is 0 Å². The quantitative estimate of drug-likeness (QED) is 0.507. The topological polar surface area (TPSA) is 3.88 Å². The van der Waals surface area contributed by atoms with E-state index in [4.69, 9.17) is 0 Å². The number of unbranched alkanes of at least 4 members (excludes halogenated alkanes) is 2. The third kappa shape index (κ3) is 2.41. The lowest BCUT2D eigenvalue weighted by Crippen LogP contribution is -2.49. The molecule has 0 fully saturated rings. The molecule has 2 heterocycles. The fraction of sp³-hybridized carbons (Fsp3) is 0.381. The second kappa shape index (κ2) is 6.27. The predicted molar refractivity (Wildman–Crippen MR) is 93.5 cm³/mol. The Hall–Kier alpha value is -1.96. The largest absolute Gasteiger partial charge is 0.254 e. The van der Waals surface area contributed by atoms with Crippen LogP contribution >= 0.6 is 0 Å². The molecule has 1 nitrogen and oxygen atoms in total. The van der Waals surface area contributed by atoms with Crippen molar-refractivity contribution in [3.8, 4) is 11.3 Å². The van der Waals surface area contributed by atoms with E-state index in [0.29, 0.717) is 5.69 Å². The first-order valence-electron chi connectivity index (χ1n) is 8.65. The molecule has 0 aliphatic carbocycles. The maximum absolute atomic E-state index is 14.5. The number of fused-ring (bicyclic) bond motifs is 3. The minimum absolute atomic E-state index is 0.1000. The van der Waals surface area contributed by atoms with Crippen molar-refractivity contribution in [1.29, 1.82) is 0 Å². The molecule has 120 valence electrons. The smallest absolute Gasteiger partial charge is 0.200 e. The second-order valence-electron chi connectivity index (χ2n) is 6.46. The Morgan fingerprint density at radius 3 is 2.61 bits per heavy atom. The molecule has 0 amide bonds. The number of rotatable bonds is 5. The molecule has 1 aliphatic rings. The lowest BCUT2D eigenvalue weighted by atomic mass is 9.68. The fourth-order valence-corrected chi connectivity index (χ4v) is 3.99. The number of halogens is 1. The highest BCUT2D eigenvalue weighted by Gasteiger charge is 2.47. The van der Waals surface area contributed by atoms with E-state index in [-0.39, 0.29) is 11.2 Å². The minimum atomic E-state index is -0.181. The average molecular weight is 310 g/mol. The molecule has 1 atom stereocenters. The molecule has 1 aromatic heterocycles. The molecule has 2 aromatic rings. The van der Waals surface area contributed by atoms with Gasteiger partial charge in [-0.2, -0.15) is 8.96 Å². The molecular weight excluding hydrogens is 285 g/mol. The minimum Gasteiger partial charge on any atom is -0.200 e. The van der Waals surface area contributed by atoms with Gasteiger partial charge in [0.05, 0.1) is 11.0 Å². The summed E-state index contributed by atoms with van der Waals surface area (Å²) < 4.78 is 16.5. The van der Waals surface area contributed by atoms with Crippen molar-refractivity contribution in [1.82, 2.24) is 0 Å². The molecule has 1 aromatic carbocycles. The van der Waals surface area contributed by atoms with E-state index in [9.17, 15) is 4.39 Å². The second-order valence-corrected chi connectivity index (χ2v) is 6.46.